The molecule has 6 heteroatoms. The van der Waals surface area contributed by atoms with Crippen LogP contribution in [-0.4, -0.2) is 22.5 Å². The molecular formula is C18H19N3O3. The molecule has 0 aliphatic rings. The summed E-state index contributed by atoms with van der Waals surface area (Å²) in [4.78, 5) is 14.3. The van der Waals surface area contributed by atoms with Gasteiger partial charge in [0.2, 0.25) is 11.8 Å². The number of rotatable bonds is 7. The molecule has 6 nitrogen and oxygen atoms in total. The molecule has 2 aromatic heterocycles. The fourth-order valence-electron chi connectivity index (χ4n) is 2.43. The van der Waals surface area contributed by atoms with Crippen LogP contribution in [0.25, 0.3) is 0 Å². The molecule has 0 atom stereocenters. The Labute approximate surface area is 140 Å². The lowest BCUT2D eigenvalue weighted by Gasteiger charge is -2.20. The van der Waals surface area contributed by atoms with Gasteiger partial charge in [-0.2, -0.15) is 0 Å². The van der Waals surface area contributed by atoms with Gasteiger partial charge in [0, 0.05) is 12.6 Å². The van der Waals surface area contributed by atoms with Crippen molar-refractivity contribution in [2.45, 2.75) is 20.0 Å². The first kappa shape index (κ1) is 16.0. The van der Waals surface area contributed by atoms with Crippen molar-refractivity contribution in [3.05, 3.63) is 71.8 Å². The molecule has 2 heterocycles. The van der Waals surface area contributed by atoms with Crippen LogP contribution in [0.1, 0.15) is 17.0 Å². The van der Waals surface area contributed by atoms with Gasteiger partial charge in [0.15, 0.2) is 0 Å². The molecule has 3 aromatic rings. The second kappa shape index (κ2) is 7.61. The first-order valence-electron chi connectivity index (χ1n) is 7.71. The van der Waals surface area contributed by atoms with E-state index in [1.165, 1.54) is 0 Å². The third-order valence-corrected chi connectivity index (χ3v) is 3.47. The maximum absolute atomic E-state index is 12.3. The van der Waals surface area contributed by atoms with Crippen molar-refractivity contribution in [1.82, 2.24) is 10.1 Å². The van der Waals surface area contributed by atoms with Crippen molar-refractivity contribution in [3.63, 3.8) is 0 Å². The number of nitrogens with zero attached hydrogens (tertiary/aromatic N) is 2. The molecule has 0 aliphatic carbocycles. The van der Waals surface area contributed by atoms with Crippen LogP contribution in [0.5, 0.6) is 0 Å². The van der Waals surface area contributed by atoms with Gasteiger partial charge in [0.05, 0.1) is 25.0 Å². The molecule has 0 radical (unpaired) electrons. The number of hydrogen-bond donors (Lipinski definition) is 1. The van der Waals surface area contributed by atoms with Gasteiger partial charge < -0.3 is 8.94 Å². The molecule has 0 aliphatic heterocycles. The molecule has 1 amide bonds. The highest BCUT2D eigenvalue weighted by atomic mass is 16.5. The fraction of sp³-hybridized carbons (Fsp3) is 0.222. The van der Waals surface area contributed by atoms with E-state index in [0.717, 1.165) is 17.0 Å². The number of carbonyl (C=O) groups excluding carboxylic acids is 1. The van der Waals surface area contributed by atoms with E-state index < -0.39 is 0 Å². The Morgan fingerprint density at radius 2 is 2.00 bits per heavy atom. The summed E-state index contributed by atoms with van der Waals surface area (Å²) in [6.07, 6.45) is 1.63. The fourth-order valence-corrected chi connectivity index (χ4v) is 2.43. The first-order valence-corrected chi connectivity index (χ1v) is 7.71. The van der Waals surface area contributed by atoms with Crippen molar-refractivity contribution in [2.75, 3.05) is 11.9 Å². The predicted molar refractivity (Wildman–Crippen MR) is 89.1 cm³/mol. The maximum Gasteiger partial charge on any atom is 0.240 e. The molecular weight excluding hydrogens is 306 g/mol. The van der Waals surface area contributed by atoms with Crippen LogP contribution in [0.4, 0.5) is 5.88 Å². The zero-order valence-corrected chi connectivity index (χ0v) is 13.4. The Morgan fingerprint density at radius 3 is 2.67 bits per heavy atom. The molecule has 0 spiro atoms. The van der Waals surface area contributed by atoms with Crippen molar-refractivity contribution < 1.29 is 13.7 Å². The summed E-state index contributed by atoms with van der Waals surface area (Å²) >= 11 is 0. The number of carbonyl (C=O) groups is 1. The second-order valence-corrected chi connectivity index (χ2v) is 5.59. The number of anilines is 1. The van der Waals surface area contributed by atoms with Crippen molar-refractivity contribution in [2.24, 2.45) is 0 Å². The van der Waals surface area contributed by atoms with E-state index in [1.807, 2.05) is 47.4 Å². The largest absolute Gasteiger partial charge is 0.468 e. The van der Waals surface area contributed by atoms with Gasteiger partial charge in [-0.1, -0.05) is 35.5 Å². The van der Waals surface area contributed by atoms with Gasteiger partial charge in [0.25, 0.3) is 0 Å². The van der Waals surface area contributed by atoms with Crippen LogP contribution < -0.4 is 5.32 Å². The minimum absolute atomic E-state index is 0.159. The highest BCUT2D eigenvalue weighted by molar-refractivity contribution is 5.90. The van der Waals surface area contributed by atoms with Crippen LogP contribution in [-0.2, 0) is 17.9 Å². The standard InChI is InChI=1S/C18H19N3O3/c1-14-10-18(24-20-14)19-17(22)13-21(12-16-8-5-9-23-16)11-15-6-3-2-4-7-15/h2-10H,11-13H2,1H3,(H,19,22). The molecule has 3 rings (SSSR count). The molecule has 24 heavy (non-hydrogen) atoms. The molecule has 0 saturated carbocycles. The van der Waals surface area contributed by atoms with Crippen molar-refractivity contribution in [1.29, 1.82) is 0 Å². The third kappa shape index (κ3) is 4.57. The van der Waals surface area contributed by atoms with E-state index in [2.05, 4.69) is 10.5 Å². The van der Waals surface area contributed by atoms with Crippen LogP contribution in [0.15, 0.2) is 63.7 Å². The lowest BCUT2D eigenvalue weighted by molar-refractivity contribution is -0.117. The normalized spacial score (nSPS) is 10.9. The third-order valence-electron chi connectivity index (χ3n) is 3.47. The first-order chi connectivity index (χ1) is 11.7. The van der Waals surface area contributed by atoms with Crippen LogP contribution in [0.3, 0.4) is 0 Å². The van der Waals surface area contributed by atoms with Crippen molar-refractivity contribution in [3.8, 4) is 0 Å². The summed E-state index contributed by atoms with van der Waals surface area (Å²) in [7, 11) is 0. The number of amides is 1. The SMILES string of the molecule is Cc1cc(NC(=O)CN(Cc2ccccc2)Cc2ccco2)on1. The van der Waals surface area contributed by atoms with E-state index in [-0.39, 0.29) is 12.5 Å². The van der Waals surface area contributed by atoms with Gasteiger partial charge in [-0.25, -0.2) is 0 Å². The van der Waals surface area contributed by atoms with Gasteiger partial charge in [-0.3, -0.25) is 15.0 Å². The highest BCUT2D eigenvalue weighted by Crippen LogP contribution is 2.12. The maximum atomic E-state index is 12.3. The zero-order chi connectivity index (χ0) is 16.8. The molecule has 1 N–H and O–H groups in total. The topological polar surface area (TPSA) is 71.5 Å². The number of furan rings is 1. The van der Waals surface area contributed by atoms with Crippen molar-refractivity contribution >= 4 is 11.8 Å². The number of hydrogen-bond acceptors (Lipinski definition) is 5. The number of aromatic nitrogens is 1. The summed E-state index contributed by atoms with van der Waals surface area (Å²) in [5.41, 5.74) is 1.86. The second-order valence-electron chi connectivity index (χ2n) is 5.59. The van der Waals surface area contributed by atoms with Gasteiger partial charge >= 0.3 is 0 Å². The molecule has 0 bridgehead atoms. The lowest BCUT2D eigenvalue weighted by Crippen LogP contribution is -2.32. The van der Waals surface area contributed by atoms with E-state index in [4.69, 9.17) is 8.94 Å². The number of benzene rings is 1. The van der Waals surface area contributed by atoms with Crippen LogP contribution in [0, 0.1) is 6.92 Å². The van der Waals surface area contributed by atoms with E-state index in [1.54, 1.807) is 19.3 Å². The Morgan fingerprint density at radius 1 is 1.17 bits per heavy atom. The van der Waals surface area contributed by atoms with Gasteiger partial charge in [-0.05, 0) is 24.6 Å². The van der Waals surface area contributed by atoms with Crippen LogP contribution >= 0.6 is 0 Å². The molecule has 1 aromatic carbocycles. The van der Waals surface area contributed by atoms with Gasteiger partial charge in [0.1, 0.15) is 5.76 Å². The van der Waals surface area contributed by atoms with E-state index >= 15 is 0 Å². The summed E-state index contributed by atoms with van der Waals surface area (Å²) < 4.78 is 10.4. The Balaban J connectivity index is 1.65. The number of aryl methyl sites for hydroxylation is 1. The average Bonchev–Trinajstić information content (AvgIpc) is 3.20. The Hall–Kier alpha value is -2.86. The lowest BCUT2D eigenvalue weighted by atomic mass is 10.2. The monoisotopic (exact) mass is 325 g/mol. The minimum Gasteiger partial charge on any atom is -0.468 e. The predicted octanol–water partition coefficient (Wildman–Crippen LogP) is 3.22. The summed E-state index contributed by atoms with van der Waals surface area (Å²) in [6.45, 7) is 3.21. The molecule has 0 saturated heterocycles. The smallest absolute Gasteiger partial charge is 0.240 e. The summed E-state index contributed by atoms with van der Waals surface area (Å²) in [6, 6.07) is 15.4. The highest BCUT2D eigenvalue weighted by Gasteiger charge is 2.15. The minimum atomic E-state index is -0.159. The molecule has 0 unspecified atom stereocenters. The van der Waals surface area contributed by atoms with E-state index in [9.17, 15) is 4.79 Å². The van der Waals surface area contributed by atoms with Gasteiger partial charge in [-0.15, -0.1) is 0 Å². The Kier molecular flexibility index (Phi) is 5.08. The molecule has 124 valence electrons. The zero-order valence-electron chi connectivity index (χ0n) is 13.4. The van der Waals surface area contributed by atoms with E-state index in [0.29, 0.717) is 19.0 Å². The van der Waals surface area contributed by atoms with Crippen LogP contribution in [0.2, 0.25) is 0 Å². The number of nitrogens with one attached hydrogen (secondary N) is 1. The quantitative estimate of drug-likeness (QED) is 0.722. The average molecular weight is 325 g/mol. The Bertz CT molecular complexity index is 766. The molecule has 0 fully saturated rings. The summed E-state index contributed by atoms with van der Waals surface area (Å²) in [5, 5.41) is 6.48. The summed E-state index contributed by atoms with van der Waals surface area (Å²) in [5.74, 6) is 1.01.